The van der Waals surface area contributed by atoms with Crippen LogP contribution in [0.4, 0.5) is 17.5 Å². The number of aliphatic imine (C=N–C) groups is 1. The maximum atomic E-state index is 6.30. The van der Waals surface area contributed by atoms with Gasteiger partial charge in [0.05, 0.1) is 11.4 Å². The molecule has 0 amide bonds. The third-order valence-electron chi connectivity index (χ3n) is 6.83. The molecule has 6 rings (SSSR count). The highest BCUT2D eigenvalue weighted by Crippen LogP contribution is 2.25. The van der Waals surface area contributed by atoms with Crippen molar-refractivity contribution in [3.8, 4) is 11.3 Å². The highest BCUT2D eigenvalue weighted by molar-refractivity contribution is 6.30. The highest BCUT2D eigenvalue weighted by Gasteiger charge is 2.17. The fraction of sp³-hybridized carbons (Fsp3) is 0.0968. The third kappa shape index (κ3) is 5.89. The Labute approximate surface area is 247 Å². The minimum absolute atomic E-state index is 0.172. The second-order valence-electron chi connectivity index (χ2n) is 9.71. The molecule has 0 saturated heterocycles. The van der Waals surface area contributed by atoms with E-state index < -0.39 is 0 Å². The van der Waals surface area contributed by atoms with Crippen molar-refractivity contribution in [1.29, 1.82) is 0 Å². The first-order chi connectivity index (χ1) is 20.4. The van der Waals surface area contributed by atoms with Crippen LogP contribution in [-0.4, -0.2) is 35.7 Å². The zero-order chi connectivity index (χ0) is 29.1. The molecule has 3 aromatic heterocycles. The van der Waals surface area contributed by atoms with Crippen molar-refractivity contribution in [2.24, 2.45) is 10.7 Å². The molecule has 11 heteroatoms. The van der Waals surface area contributed by atoms with Gasteiger partial charge in [0.1, 0.15) is 0 Å². The number of aryl methyl sites for hydroxylation is 1. The van der Waals surface area contributed by atoms with Crippen LogP contribution >= 0.6 is 11.6 Å². The van der Waals surface area contributed by atoms with Crippen molar-refractivity contribution in [2.75, 3.05) is 11.1 Å². The lowest BCUT2D eigenvalue weighted by molar-refractivity contribution is 0.846. The van der Waals surface area contributed by atoms with Crippen LogP contribution < -0.4 is 16.8 Å². The number of nitrogen functional groups attached to an aromatic ring is 1. The number of nitrogens with zero attached hydrogens (tertiary/aromatic N) is 7. The molecule has 6 aromatic rings. The van der Waals surface area contributed by atoms with Crippen LogP contribution in [0.3, 0.4) is 0 Å². The topological polar surface area (TPSA) is 145 Å². The summed E-state index contributed by atoms with van der Waals surface area (Å²) in [6.07, 6.45) is 1.15. The summed E-state index contributed by atoms with van der Waals surface area (Å²) in [6, 6.07) is 29.1. The van der Waals surface area contributed by atoms with Crippen LogP contribution in [0.5, 0.6) is 0 Å². The molecule has 208 valence electrons. The summed E-state index contributed by atoms with van der Waals surface area (Å²) in [6.45, 7) is 2.00. The monoisotopic (exact) mass is 574 g/mol. The molecule has 0 fully saturated rings. The second kappa shape index (κ2) is 11.6. The molecule has 3 heterocycles. The van der Waals surface area contributed by atoms with E-state index in [1.165, 1.54) is 0 Å². The lowest BCUT2D eigenvalue weighted by atomic mass is 9.97. The molecule has 0 spiro atoms. The molecule has 0 atom stereocenters. The number of halogens is 1. The van der Waals surface area contributed by atoms with Gasteiger partial charge in [-0.1, -0.05) is 72.3 Å². The smallest absolute Gasteiger partial charge is 0.254 e. The van der Waals surface area contributed by atoms with Crippen LogP contribution in [0.2, 0.25) is 5.02 Å². The number of nitrogens with two attached hydrogens (primary N) is 2. The van der Waals surface area contributed by atoms with Crippen molar-refractivity contribution in [2.45, 2.75) is 19.8 Å². The molecule has 5 N–H and O–H groups in total. The van der Waals surface area contributed by atoms with Crippen molar-refractivity contribution in [3.05, 3.63) is 124 Å². The van der Waals surface area contributed by atoms with E-state index in [0.717, 1.165) is 45.0 Å². The van der Waals surface area contributed by atoms with Crippen molar-refractivity contribution >= 4 is 40.8 Å². The first-order valence-electron chi connectivity index (χ1n) is 13.3. The number of aromatic nitrogens is 6. The predicted molar refractivity (Wildman–Crippen MR) is 166 cm³/mol. The largest absolute Gasteiger partial charge is 0.369 e. The Morgan fingerprint density at radius 2 is 1.64 bits per heavy atom. The Morgan fingerprint density at radius 1 is 0.881 bits per heavy atom. The molecular formula is C31H27ClN10. The zero-order valence-corrected chi connectivity index (χ0v) is 23.5. The predicted octanol–water partition coefficient (Wildman–Crippen LogP) is 5.37. The average Bonchev–Trinajstić information content (AvgIpc) is 3.38. The standard InChI is InChI=1S/C31H27ClN10/c1-19-24(17-20-11-13-23(32)14-12-20)27(36-31-38-30(34)41-42(19)31)18-22-9-5-6-10-25(22)35-29(33)37-28-16-15-26(39-40-28)21-7-3-2-4-8-21/h2-16H,17-18H2,1H3,(H2,34,41)(H3,33,35,37,40). The molecule has 0 aliphatic rings. The number of rotatable bonds is 7. The lowest BCUT2D eigenvalue weighted by Crippen LogP contribution is -2.23. The summed E-state index contributed by atoms with van der Waals surface area (Å²) in [5.41, 5.74) is 19.6. The van der Waals surface area contributed by atoms with Gasteiger partial charge in [0.15, 0.2) is 11.8 Å². The minimum Gasteiger partial charge on any atom is -0.369 e. The quantitative estimate of drug-likeness (QED) is 0.170. The van der Waals surface area contributed by atoms with Gasteiger partial charge in [-0.15, -0.1) is 15.3 Å². The van der Waals surface area contributed by atoms with E-state index in [1.807, 2.05) is 91.9 Å². The fourth-order valence-electron chi connectivity index (χ4n) is 4.74. The molecule has 0 bridgehead atoms. The van der Waals surface area contributed by atoms with E-state index in [4.69, 9.17) is 28.1 Å². The molecule has 0 saturated carbocycles. The van der Waals surface area contributed by atoms with Gasteiger partial charge in [0.25, 0.3) is 5.78 Å². The number of fused-ring (bicyclic) bond motifs is 1. The SMILES string of the molecule is Cc1c(Cc2ccc(Cl)cc2)c(Cc2ccccc2NC(N)=Nc2ccc(-c3ccccc3)nn2)nc2nc(N)nn12. The molecule has 0 aliphatic heterocycles. The van der Waals surface area contributed by atoms with Gasteiger partial charge in [0, 0.05) is 34.8 Å². The number of para-hydroxylation sites is 1. The normalized spacial score (nSPS) is 11.6. The Hall–Kier alpha value is -5.35. The van der Waals surface area contributed by atoms with Crippen LogP contribution in [-0.2, 0) is 12.8 Å². The van der Waals surface area contributed by atoms with Gasteiger partial charge in [0.2, 0.25) is 5.95 Å². The molecule has 10 nitrogen and oxygen atoms in total. The summed E-state index contributed by atoms with van der Waals surface area (Å²) < 4.78 is 1.68. The van der Waals surface area contributed by atoms with Crippen LogP contribution in [0.25, 0.3) is 17.0 Å². The number of hydrogen-bond donors (Lipinski definition) is 3. The fourth-order valence-corrected chi connectivity index (χ4v) is 4.86. The maximum Gasteiger partial charge on any atom is 0.254 e. The summed E-state index contributed by atoms with van der Waals surface area (Å²) >= 11 is 6.12. The number of nitrogens with one attached hydrogen (secondary N) is 1. The van der Waals surface area contributed by atoms with Gasteiger partial charge in [-0.25, -0.2) is 4.98 Å². The van der Waals surface area contributed by atoms with Gasteiger partial charge in [-0.3, -0.25) is 0 Å². The summed E-state index contributed by atoms with van der Waals surface area (Å²) in [5, 5.41) is 16.8. The summed E-state index contributed by atoms with van der Waals surface area (Å²) in [5.74, 6) is 1.21. The molecule has 3 aromatic carbocycles. The highest BCUT2D eigenvalue weighted by atomic mass is 35.5. The second-order valence-corrected chi connectivity index (χ2v) is 10.1. The first-order valence-corrected chi connectivity index (χ1v) is 13.6. The number of benzene rings is 3. The van der Waals surface area contributed by atoms with Crippen molar-refractivity contribution < 1.29 is 0 Å². The lowest BCUT2D eigenvalue weighted by Gasteiger charge is -2.16. The van der Waals surface area contributed by atoms with E-state index in [0.29, 0.717) is 29.5 Å². The third-order valence-corrected chi connectivity index (χ3v) is 7.08. The Kier molecular flexibility index (Phi) is 7.44. The first kappa shape index (κ1) is 26.9. The van der Waals surface area contributed by atoms with Gasteiger partial charge >= 0.3 is 0 Å². The number of hydrogen-bond acceptors (Lipinski definition) is 7. The van der Waals surface area contributed by atoms with Crippen molar-refractivity contribution in [1.82, 2.24) is 29.8 Å². The van der Waals surface area contributed by atoms with E-state index in [2.05, 4.69) is 30.6 Å². The van der Waals surface area contributed by atoms with Gasteiger partial charge in [-0.05, 0) is 53.9 Å². The Morgan fingerprint density at radius 3 is 2.40 bits per heavy atom. The van der Waals surface area contributed by atoms with E-state index in [-0.39, 0.29) is 11.9 Å². The number of anilines is 2. The van der Waals surface area contributed by atoms with E-state index in [1.54, 1.807) is 10.6 Å². The number of guanidine groups is 1. The molecular weight excluding hydrogens is 548 g/mol. The Bertz CT molecular complexity index is 1880. The average molecular weight is 575 g/mol. The summed E-state index contributed by atoms with van der Waals surface area (Å²) in [7, 11) is 0. The summed E-state index contributed by atoms with van der Waals surface area (Å²) in [4.78, 5) is 13.6. The van der Waals surface area contributed by atoms with Gasteiger partial charge < -0.3 is 16.8 Å². The molecule has 0 unspecified atom stereocenters. The minimum atomic E-state index is 0.172. The molecule has 0 aliphatic carbocycles. The van der Waals surface area contributed by atoms with Crippen LogP contribution in [0.15, 0.2) is 96.0 Å². The van der Waals surface area contributed by atoms with E-state index in [9.17, 15) is 0 Å². The zero-order valence-electron chi connectivity index (χ0n) is 22.7. The van der Waals surface area contributed by atoms with Crippen LogP contribution in [0.1, 0.15) is 28.1 Å². The molecule has 42 heavy (non-hydrogen) atoms. The maximum absolute atomic E-state index is 6.30. The van der Waals surface area contributed by atoms with Crippen LogP contribution in [0, 0.1) is 6.92 Å². The Balaban J connectivity index is 1.29. The van der Waals surface area contributed by atoms with Crippen molar-refractivity contribution in [3.63, 3.8) is 0 Å². The molecule has 0 radical (unpaired) electrons. The van der Waals surface area contributed by atoms with E-state index >= 15 is 0 Å². The van der Waals surface area contributed by atoms with Gasteiger partial charge in [-0.2, -0.15) is 14.5 Å².